The van der Waals surface area contributed by atoms with Crippen molar-refractivity contribution in [3.8, 4) is 0 Å². The summed E-state index contributed by atoms with van der Waals surface area (Å²) in [5.41, 5.74) is 0.131. The second kappa shape index (κ2) is 6.29. The van der Waals surface area contributed by atoms with Gasteiger partial charge in [-0.3, -0.25) is 10.1 Å². The lowest BCUT2D eigenvalue weighted by atomic mass is 9.98. The van der Waals surface area contributed by atoms with Gasteiger partial charge in [-0.15, -0.1) is 0 Å². The lowest BCUT2D eigenvalue weighted by Gasteiger charge is -2.23. The molecule has 2 rings (SSSR count). The fourth-order valence-corrected chi connectivity index (χ4v) is 2.51. The van der Waals surface area contributed by atoms with E-state index >= 15 is 0 Å². The highest BCUT2D eigenvalue weighted by Crippen LogP contribution is 2.31. The first kappa shape index (κ1) is 14.2. The molecule has 0 amide bonds. The molecule has 0 bridgehead atoms. The van der Waals surface area contributed by atoms with E-state index in [1.807, 2.05) is 0 Å². The Hall–Kier alpha value is -1.21. The average molecular weight is 332 g/mol. The van der Waals surface area contributed by atoms with Crippen LogP contribution in [-0.4, -0.2) is 24.6 Å². The van der Waals surface area contributed by atoms with E-state index in [0.29, 0.717) is 18.2 Å². The van der Waals surface area contributed by atoms with Crippen LogP contribution in [0.1, 0.15) is 12.8 Å². The highest BCUT2D eigenvalue weighted by atomic mass is 79.9. The Labute approximate surface area is 118 Å². The molecule has 19 heavy (non-hydrogen) atoms. The first-order valence-corrected chi connectivity index (χ1v) is 6.95. The summed E-state index contributed by atoms with van der Waals surface area (Å²) in [6.07, 6.45) is 2.09. The standard InChI is InChI=1S/C12H15BrFN3O2/c13-9-5-11(12(17(18)19)6-10(9)14)16-7-8-1-3-15-4-2-8/h5-6,8,15-16H,1-4,7H2. The minimum Gasteiger partial charge on any atom is -0.379 e. The van der Waals surface area contributed by atoms with Crippen LogP contribution in [0.15, 0.2) is 16.6 Å². The quantitative estimate of drug-likeness (QED) is 0.657. The van der Waals surface area contributed by atoms with Gasteiger partial charge in [0, 0.05) is 6.54 Å². The van der Waals surface area contributed by atoms with Crippen LogP contribution < -0.4 is 10.6 Å². The van der Waals surface area contributed by atoms with Crippen LogP contribution in [-0.2, 0) is 0 Å². The molecule has 0 spiro atoms. The van der Waals surface area contributed by atoms with Crippen LogP contribution in [0.2, 0.25) is 0 Å². The van der Waals surface area contributed by atoms with Gasteiger partial charge in [0.15, 0.2) is 0 Å². The molecule has 5 nitrogen and oxygen atoms in total. The summed E-state index contributed by atoms with van der Waals surface area (Å²) in [6, 6.07) is 2.36. The minimum absolute atomic E-state index is 0.227. The maximum absolute atomic E-state index is 13.3. The number of nitro benzene ring substituents is 1. The van der Waals surface area contributed by atoms with Gasteiger partial charge in [-0.1, -0.05) is 0 Å². The van der Waals surface area contributed by atoms with Crippen LogP contribution in [0.3, 0.4) is 0 Å². The molecule has 0 atom stereocenters. The maximum Gasteiger partial charge on any atom is 0.295 e. The van der Waals surface area contributed by atoms with E-state index in [9.17, 15) is 14.5 Å². The maximum atomic E-state index is 13.3. The Bertz CT molecular complexity index is 478. The number of halogens is 2. The number of nitro groups is 1. The summed E-state index contributed by atoms with van der Waals surface area (Å²) in [6.45, 7) is 2.61. The van der Waals surface area contributed by atoms with Gasteiger partial charge in [0.2, 0.25) is 0 Å². The number of nitrogens with one attached hydrogen (secondary N) is 2. The van der Waals surface area contributed by atoms with Crippen LogP contribution in [0.4, 0.5) is 15.8 Å². The van der Waals surface area contributed by atoms with Crippen molar-refractivity contribution in [1.82, 2.24) is 5.32 Å². The van der Waals surface area contributed by atoms with E-state index in [-0.39, 0.29) is 10.2 Å². The van der Waals surface area contributed by atoms with Gasteiger partial charge >= 0.3 is 0 Å². The Morgan fingerprint density at radius 2 is 2.16 bits per heavy atom. The molecule has 1 aromatic rings. The smallest absolute Gasteiger partial charge is 0.295 e. The molecule has 1 saturated heterocycles. The van der Waals surface area contributed by atoms with Crippen LogP contribution in [0.25, 0.3) is 0 Å². The van der Waals surface area contributed by atoms with Gasteiger partial charge < -0.3 is 10.6 Å². The highest BCUT2D eigenvalue weighted by molar-refractivity contribution is 9.10. The molecule has 7 heteroatoms. The fraction of sp³-hybridized carbons (Fsp3) is 0.500. The van der Waals surface area contributed by atoms with Crippen molar-refractivity contribution in [1.29, 1.82) is 0 Å². The predicted molar refractivity (Wildman–Crippen MR) is 74.8 cm³/mol. The Morgan fingerprint density at radius 3 is 2.79 bits per heavy atom. The lowest BCUT2D eigenvalue weighted by Crippen LogP contribution is -2.31. The van der Waals surface area contributed by atoms with Crippen molar-refractivity contribution in [3.63, 3.8) is 0 Å². The van der Waals surface area contributed by atoms with Crippen molar-refractivity contribution in [3.05, 3.63) is 32.5 Å². The molecular formula is C12H15BrFN3O2. The summed E-state index contributed by atoms with van der Waals surface area (Å²) in [5, 5.41) is 17.2. The summed E-state index contributed by atoms with van der Waals surface area (Å²) < 4.78 is 13.6. The first-order valence-electron chi connectivity index (χ1n) is 6.16. The summed E-state index contributed by atoms with van der Waals surface area (Å²) in [7, 11) is 0. The largest absolute Gasteiger partial charge is 0.379 e. The topological polar surface area (TPSA) is 67.2 Å². The summed E-state index contributed by atoms with van der Waals surface area (Å²) in [4.78, 5) is 10.3. The van der Waals surface area contributed by atoms with Gasteiger partial charge in [-0.2, -0.15) is 0 Å². The van der Waals surface area contributed by atoms with Crippen LogP contribution >= 0.6 is 15.9 Å². The molecule has 0 aliphatic carbocycles. The molecule has 0 saturated carbocycles. The van der Waals surface area contributed by atoms with E-state index in [1.54, 1.807) is 0 Å². The SMILES string of the molecule is O=[N+]([O-])c1cc(F)c(Br)cc1NCC1CCNCC1. The lowest BCUT2D eigenvalue weighted by molar-refractivity contribution is -0.384. The molecule has 1 aliphatic heterocycles. The number of nitrogens with zero attached hydrogens (tertiary/aromatic N) is 1. The zero-order valence-electron chi connectivity index (χ0n) is 10.3. The third-order valence-electron chi connectivity index (χ3n) is 3.28. The molecule has 1 aliphatic rings. The monoisotopic (exact) mass is 331 g/mol. The molecular weight excluding hydrogens is 317 g/mol. The van der Waals surface area contributed by atoms with Crippen molar-refractivity contribution < 1.29 is 9.31 Å². The van der Waals surface area contributed by atoms with E-state index in [4.69, 9.17) is 0 Å². The summed E-state index contributed by atoms with van der Waals surface area (Å²) in [5.74, 6) is -0.135. The third kappa shape index (κ3) is 3.63. The minimum atomic E-state index is -0.626. The van der Waals surface area contributed by atoms with Gasteiger partial charge in [-0.05, 0) is 53.8 Å². The van der Waals surface area contributed by atoms with Crippen molar-refractivity contribution in [2.24, 2.45) is 5.92 Å². The zero-order valence-corrected chi connectivity index (χ0v) is 11.9. The Morgan fingerprint density at radius 1 is 1.47 bits per heavy atom. The van der Waals surface area contributed by atoms with Gasteiger partial charge in [0.1, 0.15) is 11.5 Å². The first-order chi connectivity index (χ1) is 9.08. The third-order valence-corrected chi connectivity index (χ3v) is 3.88. The van der Waals surface area contributed by atoms with Crippen LogP contribution in [0, 0.1) is 21.8 Å². The molecule has 1 aromatic carbocycles. The Kier molecular flexibility index (Phi) is 4.71. The molecule has 104 valence electrons. The molecule has 0 radical (unpaired) electrons. The van der Waals surface area contributed by atoms with Gasteiger partial charge in [0.05, 0.1) is 15.5 Å². The normalized spacial score (nSPS) is 16.3. The molecule has 1 heterocycles. The highest BCUT2D eigenvalue weighted by Gasteiger charge is 2.19. The van der Waals surface area contributed by atoms with Crippen molar-refractivity contribution in [2.75, 3.05) is 25.0 Å². The van der Waals surface area contributed by atoms with Gasteiger partial charge in [0.25, 0.3) is 5.69 Å². The van der Waals surface area contributed by atoms with Crippen molar-refractivity contribution in [2.45, 2.75) is 12.8 Å². The molecule has 2 N–H and O–H groups in total. The molecule has 1 fully saturated rings. The molecule has 0 unspecified atom stereocenters. The average Bonchev–Trinajstić information content (AvgIpc) is 2.40. The second-order valence-corrected chi connectivity index (χ2v) is 5.47. The number of anilines is 1. The fourth-order valence-electron chi connectivity index (χ4n) is 2.17. The van der Waals surface area contributed by atoms with E-state index in [1.165, 1.54) is 6.07 Å². The van der Waals surface area contributed by atoms with E-state index < -0.39 is 10.7 Å². The number of benzene rings is 1. The Balaban J connectivity index is 2.09. The van der Waals surface area contributed by atoms with Gasteiger partial charge in [-0.25, -0.2) is 4.39 Å². The van der Waals surface area contributed by atoms with Crippen LogP contribution in [0.5, 0.6) is 0 Å². The van der Waals surface area contributed by atoms with E-state index in [2.05, 4.69) is 26.6 Å². The number of hydrogen-bond donors (Lipinski definition) is 2. The zero-order chi connectivity index (χ0) is 13.8. The second-order valence-electron chi connectivity index (χ2n) is 4.61. The van der Waals surface area contributed by atoms with E-state index in [0.717, 1.165) is 32.0 Å². The predicted octanol–water partition coefficient (Wildman–Crippen LogP) is 2.91. The van der Waals surface area contributed by atoms with Crippen molar-refractivity contribution >= 4 is 27.3 Å². The summed E-state index contributed by atoms with van der Waals surface area (Å²) >= 11 is 3.05. The molecule has 0 aromatic heterocycles. The number of piperidine rings is 1. The number of hydrogen-bond acceptors (Lipinski definition) is 4. The number of rotatable bonds is 4.